The van der Waals surface area contributed by atoms with Crippen LogP contribution in [-0.4, -0.2) is 52.6 Å². The summed E-state index contributed by atoms with van der Waals surface area (Å²) in [6.45, 7) is 2.28. The van der Waals surface area contributed by atoms with E-state index in [4.69, 9.17) is 5.11 Å². The molecule has 3 aliphatic rings. The molecule has 0 bridgehead atoms. The summed E-state index contributed by atoms with van der Waals surface area (Å²) < 4.78 is 0. The van der Waals surface area contributed by atoms with Gasteiger partial charge in [0, 0.05) is 19.6 Å². The van der Waals surface area contributed by atoms with Crippen LogP contribution in [0.2, 0.25) is 0 Å². The zero-order valence-corrected chi connectivity index (χ0v) is 10.5. The third kappa shape index (κ3) is 1.85. The lowest BCUT2D eigenvalue weighted by Gasteiger charge is -2.27. The highest BCUT2D eigenvalue weighted by Crippen LogP contribution is 2.38. The van der Waals surface area contributed by atoms with Gasteiger partial charge in [0.15, 0.2) is 0 Å². The highest BCUT2D eigenvalue weighted by molar-refractivity contribution is 5.83. The molecule has 3 fully saturated rings. The minimum atomic E-state index is -0.861. The topological polar surface area (TPSA) is 60.9 Å². The largest absolute Gasteiger partial charge is 0.480 e. The van der Waals surface area contributed by atoms with Gasteiger partial charge in [-0.1, -0.05) is 6.42 Å². The summed E-state index contributed by atoms with van der Waals surface area (Å²) in [6, 6.07) is -0.646. The Morgan fingerprint density at radius 2 is 1.67 bits per heavy atom. The lowest BCUT2D eigenvalue weighted by atomic mass is 10.0. The van der Waals surface area contributed by atoms with Crippen molar-refractivity contribution < 1.29 is 14.7 Å². The van der Waals surface area contributed by atoms with Crippen molar-refractivity contribution in [2.45, 2.75) is 38.1 Å². The number of rotatable bonds is 1. The summed E-state index contributed by atoms with van der Waals surface area (Å²) in [5.41, 5.74) is 0. The second-order valence-electron chi connectivity index (χ2n) is 5.83. The van der Waals surface area contributed by atoms with Crippen LogP contribution in [0.3, 0.4) is 0 Å². The van der Waals surface area contributed by atoms with Gasteiger partial charge in [-0.3, -0.25) is 0 Å². The Hall–Kier alpha value is -1.26. The Balaban J connectivity index is 1.66. The van der Waals surface area contributed by atoms with Crippen LogP contribution in [0.15, 0.2) is 0 Å². The molecule has 2 amide bonds. The lowest BCUT2D eigenvalue weighted by molar-refractivity contribution is -0.141. The lowest BCUT2D eigenvalue weighted by Crippen LogP contribution is -2.47. The molecular formula is C13H20N2O3. The Morgan fingerprint density at radius 3 is 2.28 bits per heavy atom. The normalized spacial score (nSPS) is 35.0. The summed E-state index contributed by atoms with van der Waals surface area (Å²) in [5, 5.41) is 9.12. The van der Waals surface area contributed by atoms with E-state index < -0.39 is 12.0 Å². The first-order valence-corrected chi connectivity index (χ1v) is 6.95. The van der Waals surface area contributed by atoms with Crippen LogP contribution in [0.25, 0.3) is 0 Å². The Kier molecular flexibility index (Phi) is 2.92. The highest BCUT2D eigenvalue weighted by atomic mass is 16.4. The van der Waals surface area contributed by atoms with Crippen LogP contribution in [0.4, 0.5) is 4.79 Å². The van der Waals surface area contributed by atoms with Crippen molar-refractivity contribution in [2.75, 3.05) is 19.6 Å². The molecule has 1 saturated carbocycles. The zero-order valence-electron chi connectivity index (χ0n) is 10.5. The van der Waals surface area contributed by atoms with E-state index in [0.717, 1.165) is 19.5 Å². The minimum Gasteiger partial charge on any atom is -0.480 e. The third-order valence-electron chi connectivity index (χ3n) is 4.78. The molecule has 5 nitrogen and oxygen atoms in total. The number of nitrogens with zero attached hydrogens (tertiary/aromatic N) is 2. The van der Waals surface area contributed by atoms with Crippen molar-refractivity contribution >= 4 is 12.0 Å². The average Bonchev–Trinajstić information content (AvgIpc) is 3.02. The fourth-order valence-electron chi connectivity index (χ4n) is 3.83. The smallest absolute Gasteiger partial charge is 0.326 e. The molecule has 1 aliphatic carbocycles. The van der Waals surface area contributed by atoms with Gasteiger partial charge in [-0.25, -0.2) is 9.59 Å². The maximum absolute atomic E-state index is 12.4. The molecule has 100 valence electrons. The van der Waals surface area contributed by atoms with Crippen molar-refractivity contribution in [1.82, 2.24) is 9.80 Å². The predicted molar refractivity (Wildman–Crippen MR) is 65.2 cm³/mol. The summed E-state index contributed by atoms with van der Waals surface area (Å²) >= 11 is 0. The molecule has 0 aromatic rings. The molecule has 3 unspecified atom stereocenters. The molecule has 3 rings (SSSR count). The number of carboxylic acid groups (broad SMARTS) is 1. The first kappa shape index (κ1) is 11.8. The van der Waals surface area contributed by atoms with E-state index in [9.17, 15) is 9.59 Å². The van der Waals surface area contributed by atoms with Crippen molar-refractivity contribution in [3.05, 3.63) is 0 Å². The van der Waals surface area contributed by atoms with Crippen molar-refractivity contribution in [1.29, 1.82) is 0 Å². The number of urea groups is 1. The third-order valence-corrected chi connectivity index (χ3v) is 4.78. The van der Waals surface area contributed by atoms with Gasteiger partial charge in [-0.05, 0) is 37.5 Å². The van der Waals surface area contributed by atoms with Crippen LogP contribution >= 0.6 is 0 Å². The predicted octanol–water partition coefficient (Wildman–Crippen LogP) is 1.39. The number of amides is 2. The molecule has 0 spiro atoms. The van der Waals surface area contributed by atoms with E-state index in [1.54, 1.807) is 4.90 Å². The number of carbonyl (C=O) groups is 2. The van der Waals surface area contributed by atoms with E-state index >= 15 is 0 Å². The van der Waals surface area contributed by atoms with E-state index in [2.05, 4.69) is 0 Å². The van der Waals surface area contributed by atoms with Crippen molar-refractivity contribution in [3.63, 3.8) is 0 Å². The standard InChI is InChI=1S/C13H20N2O3/c16-12(17)11-5-2-6-15(11)13(18)14-7-9-3-1-4-10(9)8-14/h9-11H,1-8H2,(H,16,17). The zero-order chi connectivity index (χ0) is 12.7. The van der Waals surface area contributed by atoms with E-state index in [0.29, 0.717) is 24.8 Å². The Bertz CT molecular complexity index is 359. The van der Waals surface area contributed by atoms with Gasteiger partial charge in [0.1, 0.15) is 6.04 Å². The number of aliphatic carboxylic acids is 1. The molecule has 3 atom stereocenters. The monoisotopic (exact) mass is 252 g/mol. The Morgan fingerprint density at radius 1 is 1.00 bits per heavy atom. The maximum atomic E-state index is 12.4. The van der Waals surface area contributed by atoms with E-state index in [-0.39, 0.29) is 6.03 Å². The quantitative estimate of drug-likeness (QED) is 0.767. The number of fused-ring (bicyclic) bond motifs is 1. The average molecular weight is 252 g/mol. The maximum Gasteiger partial charge on any atom is 0.326 e. The van der Waals surface area contributed by atoms with Crippen LogP contribution in [0.1, 0.15) is 32.1 Å². The Labute approximate surface area is 107 Å². The van der Waals surface area contributed by atoms with Crippen molar-refractivity contribution in [3.8, 4) is 0 Å². The van der Waals surface area contributed by atoms with Crippen LogP contribution in [0, 0.1) is 11.8 Å². The van der Waals surface area contributed by atoms with Gasteiger partial charge >= 0.3 is 12.0 Å². The molecule has 2 saturated heterocycles. The first-order chi connectivity index (χ1) is 8.66. The fraction of sp³-hybridized carbons (Fsp3) is 0.846. The molecule has 5 heteroatoms. The van der Waals surface area contributed by atoms with Crippen molar-refractivity contribution in [2.24, 2.45) is 11.8 Å². The second-order valence-corrected chi connectivity index (χ2v) is 5.83. The molecule has 2 aliphatic heterocycles. The van der Waals surface area contributed by atoms with Crippen LogP contribution in [-0.2, 0) is 4.79 Å². The SMILES string of the molecule is O=C(O)C1CCCN1C(=O)N1CC2CCCC2C1. The summed E-state index contributed by atoms with van der Waals surface area (Å²) in [4.78, 5) is 26.9. The fourth-order valence-corrected chi connectivity index (χ4v) is 3.83. The number of carbonyl (C=O) groups excluding carboxylic acids is 1. The number of hydrogen-bond donors (Lipinski definition) is 1. The van der Waals surface area contributed by atoms with Crippen LogP contribution < -0.4 is 0 Å². The van der Waals surface area contributed by atoms with Gasteiger partial charge in [0.25, 0.3) is 0 Å². The number of hydrogen-bond acceptors (Lipinski definition) is 2. The molecular weight excluding hydrogens is 232 g/mol. The van der Waals surface area contributed by atoms with Gasteiger partial charge in [-0.2, -0.15) is 0 Å². The molecule has 0 radical (unpaired) electrons. The summed E-state index contributed by atoms with van der Waals surface area (Å²) in [5.74, 6) is 0.472. The number of likely N-dealkylation sites (tertiary alicyclic amines) is 2. The van der Waals surface area contributed by atoms with Gasteiger partial charge in [-0.15, -0.1) is 0 Å². The van der Waals surface area contributed by atoms with E-state index in [1.165, 1.54) is 19.3 Å². The van der Waals surface area contributed by atoms with E-state index in [1.807, 2.05) is 4.90 Å². The molecule has 18 heavy (non-hydrogen) atoms. The molecule has 0 aromatic heterocycles. The molecule has 2 heterocycles. The second kappa shape index (κ2) is 4.44. The van der Waals surface area contributed by atoms with Gasteiger partial charge < -0.3 is 14.9 Å². The summed E-state index contributed by atoms with van der Waals surface area (Å²) in [6.07, 6.45) is 5.16. The minimum absolute atomic E-state index is 0.0469. The highest BCUT2D eigenvalue weighted by Gasteiger charge is 2.42. The first-order valence-electron chi connectivity index (χ1n) is 6.95. The van der Waals surface area contributed by atoms with Gasteiger partial charge in [0.05, 0.1) is 0 Å². The van der Waals surface area contributed by atoms with Gasteiger partial charge in [0.2, 0.25) is 0 Å². The molecule has 1 N–H and O–H groups in total. The summed E-state index contributed by atoms with van der Waals surface area (Å²) in [7, 11) is 0. The number of carboxylic acids is 1. The molecule has 0 aromatic carbocycles. The van der Waals surface area contributed by atoms with Crippen LogP contribution in [0.5, 0.6) is 0 Å².